The molecule has 0 N–H and O–H groups in total. The molecule has 3 aliphatic rings. The van der Waals surface area contributed by atoms with Crippen LogP contribution >= 0.6 is 0 Å². The van der Waals surface area contributed by atoms with Crippen LogP contribution in [0.15, 0.2) is 11.6 Å². The van der Waals surface area contributed by atoms with Crippen molar-refractivity contribution in [3.63, 3.8) is 0 Å². The Kier molecular flexibility index (Phi) is 4.49. The van der Waals surface area contributed by atoms with Crippen molar-refractivity contribution in [2.75, 3.05) is 0 Å². The van der Waals surface area contributed by atoms with Gasteiger partial charge in [0.1, 0.15) is 5.60 Å². The predicted octanol–water partition coefficient (Wildman–Crippen LogP) is 6.40. The molecule has 0 amide bonds. The molecule has 2 fully saturated rings. The van der Waals surface area contributed by atoms with Gasteiger partial charge in [-0.3, -0.25) is 4.79 Å². The van der Waals surface area contributed by atoms with Gasteiger partial charge < -0.3 is 4.74 Å². The molecule has 0 radical (unpaired) electrons. The van der Waals surface area contributed by atoms with Crippen LogP contribution in [0.4, 0.5) is 0 Å². The highest BCUT2D eigenvalue weighted by Crippen LogP contribution is 2.63. The number of ether oxygens (including phenoxy) is 1. The Labute approximate surface area is 161 Å². The van der Waals surface area contributed by atoms with Crippen LogP contribution in [0.5, 0.6) is 0 Å². The van der Waals surface area contributed by atoms with Gasteiger partial charge in [-0.25, -0.2) is 0 Å². The van der Waals surface area contributed by atoms with Crippen LogP contribution in [-0.4, -0.2) is 11.6 Å². The maximum absolute atomic E-state index is 13.6. The zero-order valence-corrected chi connectivity index (χ0v) is 18.5. The number of allylic oxidation sites excluding steroid dienone is 2. The number of rotatable bonds is 3. The van der Waals surface area contributed by atoms with Gasteiger partial charge >= 0.3 is 5.97 Å². The summed E-state index contributed by atoms with van der Waals surface area (Å²) in [4.78, 5) is 13.6. The minimum absolute atomic E-state index is 0.0266. The van der Waals surface area contributed by atoms with E-state index in [0.29, 0.717) is 23.7 Å². The lowest BCUT2D eigenvalue weighted by atomic mass is 9.61. The minimum atomic E-state index is -0.477. The highest BCUT2D eigenvalue weighted by atomic mass is 16.6. The first-order chi connectivity index (χ1) is 11.7. The molecule has 3 aliphatic carbocycles. The van der Waals surface area contributed by atoms with Gasteiger partial charge in [-0.15, -0.1) is 0 Å². The molecule has 0 aromatic heterocycles. The zero-order chi connectivity index (χ0) is 19.7. The number of hydrogen-bond acceptors (Lipinski definition) is 2. The molecule has 0 heterocycles. The van der Waals surface area contributed by atoms with Crippen molar-refractivity contribution in [3.8, 4) is 0 Å². The molecule has 3 rings (SSSR count). The summed E-state index contributed by atoms with van der Waals surface area (Å²) in [6.45, 7) is 19.9. The SMILES string of the molecule is CC1C=C2CC3C2CC(C1)C3(C)OC(=O)C(C)(CC(C)(C)C)C(C)(C)C. The second-order valence-electron chi connectivity index (χ2n) is 12.2. The summed E-state index contributed by atoms with van der Waals surface area (Å²) in [7, 11) is 0. The summed E-state index contributed by atoms with van der Waals surface area (Å²) in [5.74, 6) is 2.36. The van der Waals surface area contributed by atoms with Crippen LogP contribution < -0.4 is 0 Å². The normalized spacial score (nSPS) is 38.7. The van der Waals surface area contributed by atoms with Crippen LogP contribution in [-0.2, 0) is 9.53 Å². The molecule has 0 spiro atoms. The lowest BCUT2D eigenvalue weighted by molar-refractivity contribution is -0.191. The molecule has 0 aromatic carbocycles. The third-order valence-corrected chi connectivity index (χ3v) is 7.96. The van der Waals surface area contributed by atoms with Gasteiger partial charge in [-0.2, -0.15) is 0 Å². The lowest BCUT2D eigenvalue weighted by Crippen LogP contribution is -2.52. The summed E-state index contributed by atoms with van der Waals surface area (Å²) in [5, 5.41) is 0. The molecule has 2 nitrogen and oxygen atoms in total. The van der Waals surface area contributed by atoms with Gasteiger partial charge in [0.25, 0.3) is 0 Å². The minimum Gasteiger partial charge on any atom is -0.458 e. The van der Waals surface area contributed by atoms with E-state index in [1.54, 1.807) is 5.57 Å². The summed E-state index contributed by atoms with van der Waals surface area (Å²) in [6.07, 6.45) is 6.86. The largest absolute Gasteiger partial charge is 0.458 e. The van der Waals surface area contributed by atoms with Gasteiger partial charge in [0.15, 0.2) is 0 Å². The first kappa shape index (κ1) is 20.0. The quantitative estimate of drug-likeness (QED) is 0.430. The smallest absolute Gasteiger partial charge is 0.312 e. The summed E-state index contributed by atoms with van der Waals surface area (Å²) in [6, 6.07) is 0. The van der Waals surface area contributed by atoms with E-state index in [-0.39, 0.29) is 22.4 Å². The molecule has 2 saturated carbocycles. The van der Waals surface area contributed by atoms with E-state index in [4.69, 9.17) is 4.74 Å². The van der Waals surface area contributed by atoms with Crippen LogP contribution in [0, 0.1) is 39.9 Å². The second-order valence-corrected chi connectivity index (χ2v) is 12.2. The Morgan fingerprint density at radius 2 is 1.77 bits per heavy atom. The highest BCUT2D eigenvalue weighted by Gasteiger charge is 2.62. The maximum Gasteiger partial charge on any atom is 0.312 e. The van der Waals surface area contributed by atoms with E-state index in [2.05, 4.69) is 68.4 Å². The molecular weight excluding hydrogens is 320 g/mol. The Bertz CT molecular complexity index is 617. The maximum atomic E-state index is 13.6. The van der Waals surface area contributed by atoms with Crippen LogP contribution in [0.2, 0.25) is 0 Å². The number of esters is 1. The summed E-state index contributed by atoms with van der Waals surface area (Å²) < 4.78 is 6.54. The Balaban J connectivity index is 1.87. The van der Waals surface area contributed by atoms with E-state index in [1.165, 1.54) is 6.42 Å². The van der Waals surface area contributed by atoms with Crippen LogP contribution in [0.3, 0.4) is 0 Å². The number of carbonyl (C=O) groups excluding carboxylic acids is 1. The first-order valence-corrected chi connectivity index (χ1v) is 10.6. The average molecular weight is 361 g/mol. The van der Waals surface area contributed by atoms with Crippen LogP contribution in [0.25, 0.3) is 0 Å². The van der Waals surface area contributed by atoms with Crippen molar-refractivity contribution in [2.45, 2.75) is 93.6 Å². The molecule has 2 heteroatoms. The third kappa shape index (κ3) is 3.06. The van der Waals surface area contributed by atoms with Crippen molar-refractivity contribution in [2.24, 2.45) is 39.9 Å². The lowest BCUT2D eigenvalue weighted by Gasteiger charge is -2.49. The van der Waals surface area contributed by atoms with E-state index >= 15 is 0 Å². The molecule has 0 aromatic rings. The molecule has 26 heavy (non-hydrogen) atoms. The first-order valence-electron chi connectivity index (χ1n) is 10.6. The predicted molar refractivity (Wildman–Crippen MR) is 108 cm³/mol. The zero-order valence-electron chi connectivity index (χ0n) is 18.5. The molecule has 0 aliphatic heterocycles. The molecule has 0 saturated heterocycles. The number of fused-ring (bicyclic) bond motifs is 1. The van der Waals surface area contributed by atoms with E-state index in [1.807, 2.05) is 0 Å². The van der Waals surface area contributed by atoms with Gasteiger partial charge in [0.05, 0.1) is 5.41 Å². The standard InChI is InChI=1S/C24H40O2/c1-15-10-16-12-19-18(16)13-17(11-15)24(19,9)26-20(25)23(8,22(5,6)7)14-21(2,3)4/h10,15,17-19H,11-14H2,1-9H3. The molecule has 6 atom stereocenters. The van der Waals surface area contributed by atoms with E-state index in [0.717, 1.165) is 19.3 Å². The Morgan fingerprint density at radius 1 is 1.15 bits per heavy atom. The fraction of sp³-hybridized carbons (Fsp3) is 0.875. The fourth-order valence-corrected chi connectivity index (χ4v) is 5.99. The van der Waals surface area contributed by atoms with Gasteiger partial charge in [-0.1, -0.05) is 60.1 Å². The summed E-state index contributed by atoms with van der Waals surface area (Å²) in [5.41, 5.74) is 0.841. The molecule has 148 valence electrons. The van der Waals surface area contributed by atoms with Crippen LogP contribution in [0.1, 0.15) is 88.0 Å². The van der Waals surface area contributed by atoms with Crippen molar-refractivity contribution in [3.05, 3.63) is 11.6 Å². The monoisotopic (exact) mass is 360 g/mol. The Morgan fingerprint density at radius 3 is 2.31 bits per heavy atom. The average Bonchev–Trinajstić information content (AvgIpc) is 2.53. The molecule has 6 unspecified atom stereocenters. The van der Waals surface area contributed by atoms with Gasteiger partial charge in [0, 0.05) is 5.92 Å². The van der Waals surface area contributed by atoms with Crippen molar-refractivity contribution in [1.29, 1.82) is 0 Å². The topological polar surface area (TPSA) is 26.3 Å². The fourth-order valence-electron chi connectivity index (χ4n) is 5.99. The highest BCUT2D eigenvalue weighted by molar-refractivity contribution is 5.78. The van der Waals surface area contributed by atoms with E-state index < -0.39 is 5.41 Å². The van der Waals surface area contributed by atoms with Gasteiger partial charge in [0.2, 0.25) is 0 Å². The van der Waals surface area contributed by atoms with E-state index in [9.17, 15) is 4.79 Å². The molecule has 2 bridgehead atoms. The molecular formula is C24H40O2. The second kappa shape index (κ2) is 5.85. The van der Waals surface area contributed by atoms with Crippen molar-refractivity contribution < 1.29 is 9.53 Å². The Hall–Kier alpha value is -0.790. The van der Waals surface area contributed by atoms with Crippen molar-refractivity contribution >= 4 is 5.97 Å². The van der Waals surface area contributed by atoms with Gasteiger partial charge in [-0.05, 0) is 68.1 Å². The number of carbonyl (C=O) groups is 1. The number of hydrogen-bond donors (Lipinski definition) is 0. The summed E-state index contributed by atoms with van der Waals surface area (Å²) >= 11 is 0. The third-order valence-electron chi connectivity index (χ3n) is 7.96. The van der Waals surface area contributed by atoms with Crippen molar-refractivity contribution in [1.82, 2.24) is 0 Å².